The zero-order valence-electron chi connectivity index (χ0n) is 15.0. The molecule has 4 atom stereocenters. The first-order valence-electron chi connectivity index (χ1n) is 8.75. The molecule has 7 nitrogen and oxygen atoms in total. The molecule has 0 amide bonds. The van der Waals surface area contributed by atoms with Crippen molar-refractivity contribution >= 4 is 5.69 Å². The first-order valence-corrected chi connectivity index (χ1v) is 8.75. The number of hydrogen-bond acceptors (Lipinski definition) is 7. The molecule has 0 aromatic heterocycles. The largest absolute Gasteiger partial charge is 0.395 e. The summed E-state index contributed by atoms with van der Waals surface area (Å²) < 4.78 is 14.9. The fraction of sp³-hybridized carbons (Fsp3) is 0.611. The van der Waals surface area contributed by atoms with Gasteiger partial charge in [0.1, 0.15) is 29.7 Å². The molecule has 0 spiro atoms. The summed E-state index contributed by atoms with van der Waals surface area (Å²) in [5.74, 6) is -0.649. The quantitative estimate of drug-likeness (QED) is 0.551. The van der Waals surface area contributed by atoms with E-state index in [2.05, 4.69) is 0 Å². The Bertz CT molecular complexity index is 663. The van der Waals surface area contributed by atoms with Crippen molar-refractivity contribution in [3.05, 3.63) is 29.1 Å². The van der Waals surface area contributed by atoms with Gasteiger partial charge < -0.3 is 25.3 Å². The molecule has 2 rings (SSSR count). The van der Waals surface area contributed by atoms with Gasteiger partial charge in [-0.3, -0.25) is 4.90 Å². The van der Waals surface area contributed by atoms with Crippen LogP contribution in [0, 0.1) is 17.1 Å². The normalized spacial score (nSPS) is 26.5. The van der Waals surface area contributed by atoms with Crippen LogP contribution in [0.3, 0.4) is 0 Å². The third-order valence-corrected chi connectivity index (χ3v) is 5.01. The minimum Gasteiger partial charge on any atom is -0.395 e. The smallest absolute Gasteiger partial charge is 0.147 e. The standard InChI is InChI=1S/C18H26FN3O4/c1-3-21(4-2)13-6-5-11(16(19)12(13)7-20)8-22-9-15(24)18(26)17(25)14(22)10-23/h5-6,14-15,17-18,23-26H,3-4,8-10H2,1-2H3. The van der Waals surface area contributed by atoms with Crippen molar-refractivity contribution in [2.24, 2.45) is 0 Å². The number of piperidine rings is 1. The van der Waals surface area contributed by atoms with E-state index in [1.165, 1.54) is 4.90 Å². The van der Waals surface area contributed by atoms with E-state index in [9.17, 15) is 30.1 Å². The molecule has 1 aromatic carbocycles. The highest BCUT2D eigenvalue weighted by molar-refractivity contribution is 5.61. The zero-order valence-corrected chi connectivity index (χ0v) is 15.0. The molecule has 0 aliphatic carbocycles. The molecule has 1 aromatic rings. The summed E-state index contributed by atoms with van der Waals surface area (Å²) in [6.07, 6.45) is -3.92. The molecule has 26 heavy (non-hydrogen) atoms. The van der Waals surface area contributed by atoms with Gasteiger partial charge in [-0.2, -0.15) is 5.26 Å². The van der Waals surface area contributed by atoms with Gasteiger partial charge in [-0.15, -0.1) is 0 Å². The Morgan fingerprint density at radius 1 is 1.23 bits per heavy atom. The second-order valence-corrected chi connectivity index (χ2v) is 6.44. The highest BCUT2D eigenvalue weighted by Crippen LogP contribution is 2.28. The molecular weight excluding hydrogens is 341 g/mol. The summed E-state index contributed by atoms with van der Waals surface area (Å²) in [4.78, 5) is 3.39. The van der Waals surface area contributed by atoms with Gasteiger partial charge in [0.15, 0.2) is 0 Å². The number of hydrogen-bond donors (Lipinski definition) is 4. The molecule has 1 aliphatic rings. The van der Waals surface area contributed by atoms with Gasteiger partial charge in [0.05, 0.1) is 24.4 Å². The lowest BCUT2D eigenvalue weighted by Gasteiger charge is -2.43. The predicted octanol–water partition coefficient (Wildman–Crippen LogP) is -0.197. The van der Waals surface area contributed by atoms with Crippen LogP contribution in [0.2, 0.25) is 0 Å². The van der Waals surface area contributed by atoms with Crippen molar-refractivity contribution < 1.29 is 24.8 Å². The van der Waals surface area contributed by atoms with E-state index >= 15 is 0 Å². The number of anilines is 1. The lowest BCUT2D eigenvalue weighted by molar-refractivity contribution is -0.147. The summed E-state index contributed by atoms with van der Waals surface area (Å²) in [6, 6.07) is 4.34. The number of aliphatic hydroxyl groups excluding tert-OH is 4. The van der Waals surface area contributed by atoms with Crippen molar-refractivity contribution in [2.45, 2.75) is 44.7 Å². The molecule has 4 N–H and O–H groups in total. The lowest BCUT2D eigenvalue weighted by atomic mass is 9.93. The summed E-state index contributed by atoms with van der Waals surface area (Å²) in [6.45, 7) is 4.63. The van der Waals surface area contributed by atoms with Gasteiger partial charge in [0.2, 0.25) is 0 Å². The third kappa shape index (κ3) is 3.82. The third-order valence-electron chi connectivity index (χ3n) is 5.01. The Morgan fingerprint density at radius 3 is 2.42 bits per heavy atom. The van der Waals surface area contributed by atoms with Gasteiger partial charge in [0, 0.05) is 31.7 Å². The summed E-state index contributed by atoms with van der Waals surface area (Å²) in [5.41, 5.74) is 0.697. The fourth-order valence-electron chi connectivity index (χ4n) is 3.44. The van der Waals surface area contributed by atoms with Crippen molar-refractivity contribution in [1.29, 1.82) is 5.26 Å². The van der Waals surface area contributed by atoms with Crippen LogP contribution in [-0.2, 0) is 6.54 Å². The monoisotopic (exact) mass is 367 g/mol. The second kappa shape index (κ2) is 8.75. The number of likely N-dealkylation sites (tertiary alicyclic amines) is 1. The van der Waals surface area contributed by atoms with Crippen molar-refractivity contribution in [3.8, 4) is 6.07 Å². The molecule has 8 heteroatoms. The number of β-amino-alcohol motifs (C(OH)–C–C–N with tert-alkyl or cyclic N) is 1. The van der Waals surface area contributed by atoms with Crippen LogP contribution < -0.4 is 4.90 Å². The maximum absolute atomic E-state index is 14.9. The lowest BCUT2D eigenvalue weighted by Crippen LogP contribution is -2.62. The summed E-state index contributed by atoms with van der Waals surface area (Å²) in [5, 5.41) is 48.6. The molecule has 1 heterocycles. The molecular formula is C18H26FN3O4. The zero-order chi connectivity index (χ0) is 19.4. The Labute approximate surface area is 152 Å². The Morgan fingerprint density at radius 2 is 1.88 bits per heavy atom. The number of nitrogens with zero attached hydrogens (tertiary/aromatic N) is 3. The molecule has 1 fully saturated rings. The maximum atomic E-state index is 14.9. The van der Waals surface area contributed by atoms with Crippen LogP contribution in [0.25, 0.3) is 0 Å². The van der Waals surface area contributed by atoms with E-state index in [1.54, 1.807) is 12.1 Å². The highest BCUT2D eigenvalue weighted by atomic mass is 19.1. The Hall–Kier alpha value is -1.76. The van der Waals surface area contributed by atoms with Gasteiger partial charge in [0.25, 0.3) is 0 Å². The maximum Gasteiger partial charge on any atom is 0.147 e. The number of benzene rings is 1. The van der Waals surface area contributed by atoms with Crippen LogP contribution in [0.1, 0.15) is 25.0 Å². The SMILES string of the molecule is CCN(CC)c1ccc(CN2CC(O)C(O)C(O)C2CO)c(F)c1C#N. The fourth-order valence-corrected chi connectivity index (χ4v) is 3.44. The number of nitriles is 1. The second-order valence-electron chi connectivity index (χ2n) is 6.44. The van der Waals surface area contributed by atoms with Crippen molar-refractivity contribution in [2.75, 3.05) is 31.1 Å². The minimum atomic E-state index is -1.37. The van der Waals surface area contributed by atoms with Crippen LogP contribution in [-0.4, -0.2) is 75.9 Å². The topological polar surface area (TPSA) is 111 Å². The summed E-state index contributed by atoms with van der Waals surface area (Å²) >= 11 is 0. The average molecular weight is 367 g/mol. The van der Waals surface area contributed by atoms with Gasteiger partial charge in [-0.05, 0) is 19.9 Å². The number of rotatable bonds is 6. The van der Waals surface area contributed by atoms with E-state index in [1.807, 2.05) is 24.8 Å². The number of aliphatic hydroxyl groups is 4. The number of halogens is 1. The van der Waals surface area contributed by atoms with Gasteiger partial charge in [-0.1, -0.05) is 6.07 Å². The molecule has 4 unspecified atom stereocenters. The molecule has 1 aliphatic heterocycles. The molecule has 144 valence electrons. The van der Waals surface area contributed by atoms with E-state index in [0.717, 1.165) is 0 Å². The highest BCUT2D eigenvalue weighted by Gasteiger charge is 2.41. The Kier molecular flexibility index (Phi) is 6.92. The molecule has 0 saturated carbocycles. The van der Waals surface area contributed by atoms with Crippen molar-refractivity contribution in [1.82, 2.24) is 4.90 Å². The van der Waals surface area contributed by atoms with E-state index in [0.29, 0.717) is 18.8 Å². The minimum absolute atomic E-state index is 0.00882. The molecule has 0 radical (unpaired) electrons. The summed E-state index contributed by atoms with van der Waals surface area (Å²) in [7, 11) is 0. The van der Waals surface area contributed by atoms with Crippen LogP contribution in [0.5, 0.6) is 0 Å². The van der Waals surface area contributed by atoms with Crippen molar-refractivity contribution in [3.63, 3.8) is 0 Å². The Balaban J connectivity index is 2.33. The van der Waals surface area contributed by atoms with E-state index in [4.69, 9.17) is 0 Å². The van der Waals surface area contributed by atoms with E-state index < -0.39 is 36.8 Å². The van der Waals surface area contributed by atoms with Gasteiger partial charge in [-0.25, -0.2) is 4.39 Å². The first kappa shape index (κ1) is 20.6. The molecule has 1 saturated heterocycles. The predicted molar refractivity (Wildman–Crippen MR) is 94.0 cm³/mol. The van der Waals surface area contributed by atoms with Crippen LogP contribution in [0.15, 0.2) is 12.1 Å². The van der Waals surface area contributed by atoms with Gasteiger partial charge >= 0.3 is 0 Å². The first-order chi connectivity index (χ1) is 12.4. The van der Waals surface area contributed by atoms with Crippen LogP contribution >= 0.6 is 0 Å². The average Bonchev–Trinajstić information content (AvgIpc) is 2.63. The van der Waals surface area contributed by atoms with Crippen LogP contribution in [0.4, 0.5) is 10.1 Å². The van der Waals surface area contributed by atoms with E-state index in [-0.39, 0.29) is 24.2 Å². The molecule has 0 bridgehead atoms.